The molecule has 8 aromatic carbocycles. The average molecular weight is 709 g/mol. The van der Waals surface area contributed by atoms with Gasteiger partial charge in [0.05, 0.1) is 0 Å². The van der Waals surface area contributed by atoms with E-state index in [1.807, 2.05) is 0 Å². The van der Waals surface area contributed by atoms with Crippen molar-refractivity contribution in [1.82, 2.24) is 0 Å². The molecule has 0 saturated heterocycles. The van der Waals surface area contributed by atoms with E-state index in [9.17, 15) is 0 Å². The van der Waals surface area contributed by atoms with Crippen molar-refractivity contribution in [2.45, 2.75) is 33.1 Å². The summed E-state index contributed by atoms with van der Waals surface area (Å²) in [5, 5.41) is 0. The number of para-hydroxylation sites is 2. The number of nitrogens with zero attached hydrogens (tertiary/aromatic N) is 2. The van der Waals surface area contributed by atoms with Crippen LogP contribution >= 0.6 is 0 Å². The van der Waals surface area contributed by atoms with E-state index in [4.69, 9.17) is 0 Å². The van der Waals surface area contributed by atoms with Crippen molar-refractivity contribution in [3.63, 3.8) is 0 Å². The van der Waals surface area contributed by atoms with Crippen molar-refractivity contribution < 1.29 is 0 Å². The van der Waals surface area contributed by atoms with Gasteiger partial charge in [-0.2, -0.15) is 0 Å². The maximum absolute atomic E-state index is 2.39. The molecule has 0 atom stereocenters. The zero-order valence-corrected chi connectivity index (χ0v) is 31.9. The van der Waals surface area contributed by atoms with Gasteiger partial charge in [-0.15, -0.1) is 0 Å². The lowest BCUT2D eigenvalue weighted by Crippen LogP contribution is -2.16. The Balaban J connectivity index is 1.04. The summed E-state index contributed by atoms with van der Waals surface area (Å²) < 4.78 is 0. The summed E-state index contributed by atoms with van der Waals surface area (Å²) in [6.45, 7) is 9.08. The van der Waals surface area contributed by atoms with Crippen molar-refractivity contribution >= 4 is 34.1 Å². The van der Waals surface area contributed by atoms with Gasteiger partial charge >= 0.3 is 0 Å². The molecule has 2 heteroatoms. The van der Waals surface area contributed by atoms with Gasteiger partial charge in [0.2, 0.25) is 0 Å². The monoisotopic (exact) mass is 708 g/mol. The molecule has 1 aliphatic carbocycles. The quantitative estimate of drug-likeness (QED) is 0.155. The van der Waals surface area contributed by atoms with Crippen LogP contribution in [0.5, 0.6) is 0 Å². The number of rotatable bonds is 8. The van der Waals surface area contributed by atoms with E-state index >= 15 is 0 Å². The summed E-state index contributed by atoms with van der Waals surface area (Å²) in [4.78, 5) is 4.71. The fourth-order valence-electron chi connectivity index (χ4n) is 8.45. The Morgan fingerprint density at radius 3 is 1.25 bits per heavy atom. The molecule has 0 N–H and O–H groups in total. The molecule has 0 radical (unpaired) electrons. The molecule has 0 fully saturated rings. The van der Waals surface area contributed by atoms with Crippen LogP contribution in [0.4, 0.5) is 34.1 Å². The summed E-state index contributed by atoms with van der Waals surface area (Å²) in [6, 6.07) is 70.5. The molecule has 0 aliphatic heterocycles. The van der Waals surface area contributed by atoms with Gasteiger partial charge in [-0.1, -0.05) is 135 Å². The van der Waals surface area contributed by atoms with E-state index in [2.05, 4.69) is 232 Å². The van der Waals surface area contributed by atoms with Crippen LogP contribution in [0, 0.1) is 13.8 Å². The molecule has 0 aromatic heterocycles. The molecule has 2 nitrogen and oxygen atoms in total. The largest absolute Gasteiger partial charge is 0.310 e. The lowest BCUT2D eigenvalue weighted by Gasteiger charge is -2.28. The molecule has 9 rings (SSSR count). The Bertz CT molecular complexity index is 2620. The zero-order valence-electron chi connectivity index (χ0n) is 31.9. The van der Waals surface area contributed by atoms with E-state index in [1.54, 1.807) is 0 Å². The first-order valence-corrected chi connectivity index (χ1v) is 19.2. The van der Waals surface area contributed by atoms with Crippen LogP contribution in [0.3, 0.4) is 0 Å². The molecular formula is C53H44N2. The first kappa shape index (κ1) is 34.1. The number of hydrogen-bond donors (Lipinski definition) is 0. The number of anilines is 6. The molecule has 266 valence electrons. The second kappa shape index (κ2) is 14.0. The normalized spacial score (nSPS) is 12.5. The van der Waals surface area contributed by atoms with Crippen LogP contribution in [-0.2, 0) is 5.41 Å². The fraction of sp³-hybridized carbons (Fsp3) is 0.0943. The average Bonchev–Trinajstić information content (AvgIpc) is 3.45. The fourth-order valence-corrected chi connectivity index (χ4v) is 8.45. The van der Waals surface area contributed by atoms with E-state index in [0.29, 0.717) is 0 Å². The van der Waals surface area contributed by atoms with E-state index in [0.717, 1.165) is 34.1 Å². The van der Waals surface area contributed by atoms with Crippen LogP contribution in [0.25, 0.3) is 33.4 Å². The SMILES string of the molecule is Cc1ccccc1-c1ccc(N(c2ccccc2)c2ccc(-c3ccc(N(c4ccccc4)c4ccc5c(c4)C(C)(C)c4ccccc4-5)cc3)cc2)cc1C. The van der Waals surface area contributed by atoms with Crippen molar-refractivity contribution in [1.29, 1.82) is 0 Å². The minimum Gasteiger partial charge on any atom is -0.310 e. The lowest BCUT2D eigenvalue weighted by atomic mass is 9.82. The van der Waals surface area contributed by atoms with E-state index in [-0.39, 0.29) is 5.41 Å². The summed E-state index contributed by atoms with van der Waals surface area (Å²) in [6.07, 6.45) is 0. The number of hydrogen-bond acceptors (Lipinski definition) is 2. The highest BCUT2D eigenvalue weighted by Gasteiger charge is 2.35. The first-order chi connectivity index (χ1) is 26.9. The number of aryl methyl sites for hydroxylation is 2. The summed E-state index contributed by atoms with van der Waals surface area (Å²) in [7, 11) is 0. The van der Waals surface area contributed by atoms with Gasteiger partial charge in [0.15, 0.2) is 0 Å². The van der Waals surface area contributed by atoms with Crippen LogP contribution < -0.4 is 9.80 Å². The molecule has 0 saturated carbocycles. The summed E-state index contributed by atoms with van der Waals surface area (Å²) in [5.41, 5.74) is 19.6. The Labute approximate surface area is 325 Å². The van der Waals surface area contributed by atoms with Gasteiger partial charge in [-0.05, 0) is 142 Å². The van der Waals surface area contributed by atoms with Crippen LogP contribution in [0.1, 0.15) is 36.1 Å². The van der Waals surface area contributed by atoms with Crippen molar-refractivity contribution in [2.24, 2.45) is 0 Å². The van der Waals surface area contributed by atoms with E-state index < -0.39 is 0 Å². The smallest absolute Gasteiger partial charge is 0.0465 e. The predicted molar refractivity (Wildman–Crippen MR) is 234 cm³/mol. The Morgan fingerprint density at radius 2 is 0.709 bits per heavy atom. The second-order valence-electron chi connectivity index (χ2n) is 15.2. The van der Waals surface area contributed by atoms with Gasteiger partial charge in [0.25, 0.3) is 0 Å². The minimum atomic E-state index is -0.0695. The highest BCUT2D eigenvalue weighted by molar-refractivity contribution is 5.86. The Kier molecular flexibility index (Phi) is 8.67. The lowest BCUT2D eigenvalue weighted by molar-refractivity contribution is 0.660. The van der Waals surface area contributed by atoms with Gasteiger partial charge < -0.3 is 9.80 Å². The van der Waals surface area contributed by atoms with Gasteiger partial charge in [-0.3, -0.25) is 0 Å². The van der Waals surface area contributed by atoms with Gasteiger partial charge in [0.1, 0.15) is 0 Å². The third kappa shape index (κ3) is 6.20. The number of fused-ring (bicyclic) bond motifs is 3. The second-order valence-corrected chi connectivity index (χ2v) is 15.2. The number of benzene rings is 8. The third-order valence-electron chi connectivity index (χ3n) is 11.3. The maximum atomic E-state index is 2.39. The molecule has 0 unspecified atom stereocenters. The molecule has 0 bridgehead atoms. The molecular weight excluding hydrogens is 665 g/mol. The molecule has 0 heterocycles. The van der Waals surface area contributed by atoms with Gasteiger partial charge in [-0.25, -0.2) is 0 Å². The maximum Gasteiger partial charge on any atom is 0.0465 e. The highest BCUT2D eigenvalue weighted by atomic mass is 15.1. The molecule has 1 aliphatic rings. The third-order valence-corrected chi connectivity index (χ3v) is 11.3. The van der Waals surface area contributed by atoms with Gasteiger partial charge in [0, 0.05) is 39.5 Å². The summed E-state index contributed by atoms with van der Waals surface area (Å²) in [5.74, 6) is 0. The standard InChI is InChI=1S/C53H44N2/c1-37-15-11-12-20-47(37)48-33-31-45(35-38(48)2)54(41-16-7-5-8-17-41)43-27-23-39(24-28-43)40-25-29-44(30-26-40)55(42-18-9-6-10-19-42)46-32-34-50-49-21-13-14-22-51(49)53(3,4)52(50)36-46/h5-36H,1-4H3. The van der Waals surface area contributed by atoms with Crippen LogP contribution in [-0.4, -0.2) is 0 Å². The topological polar surface area (TPSA) is 6.48 Å². The predicted octanol–water partition coefficient (Wildman–Crippen LogP) is 14.9. The zero-order chi connectivity index (χ0) is 37.5. The van der Waals surface area contributed by atoms with Crippen molar-refractivity contribution in [3.05, 3.63) is 216 Å². The van der Waals surface area contributed by atoms with Crippen LogP contribution in [0.2, 0.25) is 0 Å². The van der Waals surface area contributed by atoms with Crippen LogP contribution in [0.15, 0.2) is 194 Å². The molecule has 55 heavy (non-hydrogen) atoms. The summed E-state index contributed by atoms with van der Waals surface area (Å²) >= 11 is 0. The molecule has 0 amide bonds. The Morgan fingerprint density at radius 1 is 0.309 bits per heavy atom. The van der Waals surface area contributed by atoms with Crippen molar-refractivity contribution in [3.8, 4) is 33.4 Å². The van der Waals surface area contributed by atoms with Crippen molar-refractivity contribution in [2.75, 3.05) is 9.80 Å². The molecule has 8 aromatic rings. The van der Waals surface area contributed by atoms with E-state index in [1.165, 1.54) is 55.6 Å². The minimum absolute atomic E-state index is 0.0695. The highest BCUT2D eigenvalue weighted by Crippen LogP contribution is 2.50. The Hall–Kier alpha value is -6.64. The molecule has 0 spiro atoms. The first-order valence-electron chi connectivity index (χ1n) is 19.2.